The van der Waals surface area contributed by atoms with Gasteiger partial charge in [-0.25, -0.2) is 13.8 Å². The molecule has 1 aliphatic carbocycles. The van der Waals surface area contributed by atoms with E-state index in [1.54, 1.807) is 32.9 Å². The van der Waals surface area contributed by atoms with Crippen LogP contribution in [0.25, 0.3) is 38.5 Å². The van der Waals surface area contributed by atoms with Crippen molar-refractivity contribution in [3.8, 4) is 16.9 Å². The number of hydrogen-bond donors (Lipinski definition) is 1. The second-order valence-electron chi connectivity index (χ2n) is 14.5. The molecule has 0 spiro atoms. The van der Waals surface area contributed by atoms with Crippen molar-refractivity contribution in [3.63, 3.8) is 0 Å². The molecule has 6 aromatic rings. The van der Waals surface area contributed by atoms with Crippen LogP contribution in [-0.4, -0.2) is 103 Å². The summed E-state index contributed by atoms with van der Waals surface area (Å²) < 4.78 is 39.6. The molecule has 3 aliphatic rings. The molecule has 4 aromatic heterocycles. The molecule has 2 aliphatic heterocycles. The number of pyridine rings is 1. The van der Waals surface area contributed by atoms with Gasteiger partial charge in [-0.3, -0.25) is 19.0 Å². The Labute approximate surface area is 315 Å². The molecule has 1 saturated carbocycles. The van der Waals surface area contributed by atoms with Gasteiger partial charge >= 0.3 is 0 Å². The van der Waals surface area contributed by atoms with Crippen LogP contribution < -0.4 is 9.64 Å². The third-order valence-electron chi connectivity index (χ3n) is 11.0. The summed E-state index contributed by atoms with van der Waals surface area (Å²) in [4.78, 5) is 40.3. The van der Waals surface area contributed by atoms with Gasteiger partial charge in [0.05, 0.1) is 42.8 Å². The summed E-state index contributed by atoms with van der Waals surface area (Å²) in [5.41, 5.74) is 5.39. The standard InChI is InChI=1S/C40H40F2N10O3/c1-48-33-8-7-25(18-31(33)37(46-48)24-5-6-24)28-20-29(26-4-3-11-51(23-26)35(53)9-12-52-13-10-44-47-52)36(42)38-30(28)21-32(45-38)40(54)50-16-14-49(15-17-50)39-34(55-2)19-27(41)22-43-39/h4,7-8,10,13,18-22,24,45H,3,5-6,9,11-12,14-17,23H2,1-2H3. The van der Waals surface area contributed by atoms with Crippen LogP contribution in [0.1, 0.15) is 53.3 Å². The third-order valence-corrected chi connectivity index (χ3v) is 11.0. The van der Waals surface area contributed by atoms with Crippen LogP contribution in [0.4, 0.5) is 14.6 Å². The number of halogens is 2. The summed E-state index contributed by atoms with van der Waals surface area (Å²) in [5, 5.41) is 14.3. The zero-order valence-corrected chi connectivity index (χ0v) is 30.6. The van der Waals surface area contributed by atoms with Gasteiger partial charge in [0.15, 0.2) is 17.4 Å². The topological polar surface area (TPSA) is 130 Å². The first-order valence-corrected chi connectivity index (χ1v) is 18.6. The Bertz CT molecular complexity index is 2480. The molecule has 1 saturated heterocycles. The van der Waals surface area contributed by atoms with Crippen molar-refractivity contribution >= 4 is 45.0 Å². The minimum Gasteiger partial charge on any atom is -0.493 e. The maximum atomic E-state index is 16.9. The Hall–Kier alpha value is -6.12. The lowest BCUT2D eigenvalue weighted by molar-refractivity contribution is -0.131. The summed E-state index contributed by atoms with van der Waals surface area (Å²) in [6.07, 6.45) is 9.50. The number of methoxy groups -OCH3 is 1. The lowest BCUT2D eigenvalue weighted by atomic mass is 9.92. The Balaban J connectivity index is 1.06. The van der Waals surface area contributed by atoms with Gasteiger partial charge in [-0.05, 0) is 60.2 Å². The molecule has 15 heteroatoms. The van der Waals surface area contributed by atoms with E-state index in [0.29, 0.717) is 79.7 Å². The van der Waals surface area contributed by atoms with Crippen molar-refractivity contribution in [1.82, 2.24) is 44.5 Å². The van der Waals surface area contributed by atoms with Gasteiger partial charge in [-0.2, -0.15) is 5.10 Å². The average Bonchev–Trinajstić information content (AvgIpc) is 3.56. The molecule has 0 unspecified atom stereocenters. The predicted octanol–water partition coefficient (Wildman–Crippen LogP) is 5.54. The molecule has 13 nitrogen and oxygen atoms in total. The molecule has 0 bridgehead atoms. The Morgan fingerprint density at radius 3 is 2.58 bits per heavy atom. The Kier molecular flexibility index (Phi) is 8.78. The predicted molar refractivity (Wildman–Crippen MR) is 203 cm³/mol. The van der Waals surface area contributed by atoms with E-state index < -0.39 is 11.6 Å². The minimum absolute atomic E-state index is 0.0426. The zero-order valence-electron chi connectivity index (χ0n) is 30.6. The second kappa shape index (κ2) is 13.9. The summed E-state index contributed by atoms with van der Waals surface area (Å²) >= 11 is 0. The van der Waals surface area contributed by atoms with Gasteiger partial charge < -0.3 is 24.4 Å². The van der Waals surface area contributed by atoms with Gasteiger partial charge in [0.25, 0.3) is 5.91 Å². The van der Waals surface area contributed by atoms with Crippen LogP contribution >= 0.6 is 0 Å². The van der Waals surface area contributed by atoms with Crippen LogP contribution in [0, 0.1) is 11.6 Å². The number of nitrogens with one attached hydrogen (secondary N) is 1. The molecule has 282 valence electrons. The highest BCUT2D eigenvalue weighted by molar-refractivity contribution is 6.05. The molecule has 2 amide bonds. The number of amides is 2. The number of H-pyrrole nitrogens is 1. The first-order valence-electron chi connectivity index (χ1n) is 18.6. The van der Waals surface area contributed by atoms with Crippen molar-refractivity contribution in [1.29, 1.82) is 0 Å². The van der Waals surface area contributed by atoms with Crippen molar-refractivity contribution in [2.75, 3.05) is 51.3 Å². The largest absolute Gasteiger partial charge is 0.493 e. The van der Waals surface area contributed by atoms with Crippen LogP contribution in [0.2, 0.25) is 0 Å². The fourth-order valence-electron chi connectivity index (χ4n) is 7.93. The number of carbonyl (C=O) groups excluding carboxylic acids is 2. The Morgan fingerprint density at radius 1 is 0.982 bits per heavy atom. The summed E-state index contributed by atoms with van der Waals surface area (Å²) in [6, 6.07) is 11.1. The van der Waals surface area contributed by atoms with Crippen LogP contribution in [0.15, 0.2) is 61.1 Å². The number of rotatable bonds is 9. The van der Waals surface area contributed by atoms with Gasteiger partial charge in [-0.15, -0.1) is 5.10 Å². The van der Waals surface area contributed by atoms with E-state index in [9.17, 15) is 14.0 Å². The molecular formula is C40H40F2N10O3. The molecule has 55 heavy (non-hydrogen) atoms. The molecule has 9 rings (SSSR count). The van der Waals surface area contributed by atoms with Gasteiger partial charge in [-0.1, -0.05) is 17.4 Å². The van der Waals surface area contributed by atoms with Gasteiger partial charge in [0.2, 0.25) is 5.91 Å². The van der Waals surface area contributed by atoms with Gasteiger partial charge in [0.1, 0.15) is 11.5 Å². The first-order chi connectivity index (χ1) is 26.7. The fourth-order valence-corrected chi connectivity index (χ4v) is 7.93. The summed E-state index contributed by atoms with van der Waals surface area (Å²) in [5.74, 6) is 0.0256. The number of aromatic nitrogens is 7. The maximum absolute atomic E-state index is 16.9. The normalized spacial score (nSPS) is 16.3. The number of ether oxygens (including phenoxy) is 1. The highest BCUT2D eigenvalue weighted by atomic mass is 19.1. The molecule has 0 atom stereocenters. The van der Waals surface area contributed by atoms with E-state index in [1.165, 1.54) is 13.2 Å². The quantitative estimate of drug-likeness (QED) is 0.204. The van der Waals surface area contributed by atoms with E-state index in [2.05, 4.69) is 32.4 Å². The molecule has 2 aromatic carbocycles. The molecule has 2 fully saturated rings. The van der Waals surface area contributed by atoms with E-state index in [-0.39, 0.29) is 36.0 Å². The molecule has 1 N–H and O–H groups in total. The van der Waals surface area contributed by atoms with E-state index in [1.807, 2.05) is 34.8 Å². The zero-order chi connectivity index (χ0) is 37.8. The van der Waals surface area contributed by atoms with Crippen LogP contribution in [0.5, 0.6) is 5.75 Å². The van der Waals surface area contributed by atoms with E-state index in [4.69, 9.17) is 9.84 Å². The van der Waals surface area contributed by atoms with Crippen LogP contribution in [-0.2, 0) is 18.4 Å². The second-order valence-corrected chi connectivity index (χ2v) is 14.5. The highest BCUT2D eigenvalue weighted by Crippen LogP contribution is 2.44. The minimum atomic E-state index is -0.489. The Morgan fingerprint density at radius 2 is 1.82 bits per heavy atom. The number of fused-ring (bicyclic) bond motifs is 2. The lowest BCUT2D eigenvalue weighted by Crippen LogP contribution is -2.49. The number of anilines is 1. The first kappa shape index (κ1) is 34.6. The van der Waals surface area contributed by atoms with E-state index in [0.717, 1.165) is 46.8 Å². The molecule has 6 heterocycles. The molecule has 0 radical (unpaired) electrons. The average molecular weight is 747 g/mol. The maximum Gasteiger partial charge on any atom is 0.270 e. The smallest absolute Gasteiger partial charge is 0.270 e. The van der Waals surface area contributed by atoms with E-state index >= 15 is 4.39 Å². The third kappa shape index (κ3) is 6.46. The number of nitrogens with zero attached hydrogens (tertiary/aromatic N) is 9. The lowest BCUT2D eigenvalue weighted by Gasteiger charge is -2.35. The van der Waals surface area contributed by atoms with Crippen molar-refractivity contribution in [3.05, 3.63) is 89.7 Å². The van der Waals surface area contributed by atoms with Crippen LogP contribution in [0.3, 0.4) is 0 Å². The summed E-state index contributed by atoms with van der Waals surface area (Å²) in [7, 11) is 3.42. The number of aryl methyl sites for hydroxylation is 2. The summed E-state index contributed by atoms with van der Waals surface area (Å²) in [6.45, 7) is 2.89. The fraction of sp³-hybridized carbons (Fsp3) is 0.350. The SMILES string of the molecule is COc1cc(F)cnc1N1CCN(C(=O)c2cc3c(-c4ccc5c(c4)c(C4CC4)nn5C)cc(C4=CCCN(C(=O)CCn5ccnn5)C4)c(F)c3[nH]2)CC1. The van der Waals surface area contributed by atoms with Gasteiger partial charge in [0, 0.05) is 87.3 Å². The number of benzene rings is 2. The number of piperazine rings is 1. The highest BCUT2D eigenvalue weighted by Gasteiger charge is 2.31. The molecular weight excluding hydrogens is 707 g/mol. The van der Waals surface area contributed by atoms with Crippen molar-refractivity contribution in [2.45, 2.75) is 38.1 Å². The van der Waals surface area contributed by atoms with Crippen molar-refractivity contribution < 1.29 is 23.1 Å². The number of carbonyl (C=O) groups is 2. The van der Waals surface area contributed by atoms with Crippen molar-refractivity contribution in [2.24, 2.45) is 7.05 Å². The number of aromatic amines is 1. The monoisotopic (exact) mass is 746 g/mol. The number of hydrogen-bond acceptors (Lipinski definition) is 8.